The van der Waals surface area contributed by atoms with Crippen LogP contribution in [-0.2, 0) is 6.54 Å². The van der Waals surface area contributed by atoms with Gasteiger partial charge in [0.2, 0.25) is 0 Å². The number of benzene rings is 2. The molecular weight excluding hydrogens is 275 g/mol. The van der Waals surface area contributed by atoms with Gasteiger partial charge in [-0.3, -0.25) is 0 Å². The van der Waals surface area contributed by atoms with Gasteiger partial charge in [-0.15, -0.1) is 0 Å². The highest BCUT2D eigenvalue weighted by Crippen LogP contribution is 2.34. The molecule has 0 spiro atoms. The molecule has 2 nitrogen and oxygen atoms in total. The summed E-state index contributed by atoms with van der Waals surface area (Å²) in [6, 6.07) is 14.8. The van der Waals surface area contributed by atoms with Gasteiger partial charge in [-0.25, -0.2) is 4.39 Å². The van der Waals surface area contributed by atoms with Gasteiger partial charge in [0, 0.05) is 12.2 Å². The summed E-state index contributed by atoms with van der Waals surface area (Å²) in [6.07, 6.45) is 5.26. The predicted octanol–water partition coefficient (Wildman–Crippen LogP) is 4.97. The summed E-state index contributed by atoms with van der Waals surface area (Å²) in [5.74, 6) is 0.398. The standard InChI is InChI=1S/C19H19FN2/c20-18-8-5-16(12-21)17(11-18)13-22-19-9-6-15(7-10-19)14-3-1-2-4-14/h5-11,14,22H,1-4,13H2. The van der Waals surface area contributed by atoms with Crippen molar-refractivity contribution in [3.05, 3.63) is 65.0 Å². The summed E-state index contributed by atoms with van der Waals surface area (Å²) in [5, 5.41) is 12.3. The van der Waals surface area contributed by atoms with E-state index in [2.05, 4.69) is 35.7 Å². The SMILES string of the molecule is N#Cc1ccc(F)cc1CNc1ccc(C2CCCC2)cc1. The van der Waals surface area contributed by atoms with Gasteiger partial charge in [-0.1, -0.05) is 25.0 Å². The number of nitrogens with one attached hydrogen (secondary N) is 1. The van der Waals surface area contributed by atoms with Gasteiger partial charge in [0.05, 0.1) is 11.6 Å². The number of anilines is 1. The van der Waals surface area contributed by atoms with E-state index in [-0.39, 0.29) is 5.82 Å². The van der Waals surface area contributed by atoms with Gasteiger partial charge in [0.15, 0.2) is 0 Å². The Morgan fingerprint density at radius 2 is 1.82 bits per heavy atom. The van der Waals surface area contributed by atoms with Crippen molar-refractivity contribution in [2.75, 3.05) is 5.32 Å². The zero-order valence-electron chi connectivity index (χ0n) is 12.5. The van der Waals surface area contributed by atoms with Gasteiger partial charge in [0.25, 0.3) is 0 Å². The molecule has 0 radical (unpaired) electrons. The van der Waals surface area contributed by atoms with Crippen molar-refractivity contribution in [3.63, 3.8) is 0 Å². The Hall–Kier alpha value is -2.34. The van der Waals surface area contributed by atoms with Crippen LogP contribution >= 0.6 is 0 Å². The largest absolute Gasteiger partial charge is 0.381 e. The molecule has 1 aliphatic carbocycles. The number of nitriles is 1. The third-order valence-electron chi connectivity index (χ3n) is 4.41. The molecule has 1 aliphatic rings. The van der Waals surface area contributed by atoms with Crippen LogP contribution in [0.25, 0.3) is 0 Å². The molecule has 0 amide bonds. The Balaban J connectivity index is 1.66. The Labute approximate surface area is 130 Å². The fourth-order valence-electron chi connectivity index (χ4n) is 3.15. The second-order valence-electron chi connectivity index (χ2n) is 5.87. The van der Waals surface area contributed by atoms with Crippen LogP contribution in [0.4, 0.5) is 10.1 Å². The second-order valence-corrected chi connectivity index (χ2v) is 5.87. The maximum absolute atomic E-state index is 13.3. The van der Waals surface area contributed by atoms with E-state index < -0.39 is 0 Å². The molecule has 2 aromatic carbocycles. The monoisotopic (exact) mass is 294 g/mol. The minimum atomic E-state index is -0.313. The van der Waals surface area contributed by atoms with Crippen LogP contribution in [-0.4, -0.2) is 0 Å². The molecule has 0 saturated heterocycles. The molecule has 0 bridgehead atoms. The van der Waals surface area contributed by atoms with Gasteiger partial charge < -0.3 is 5.32 Å². The van der Waals surface area contributed by atoms with E-state index in [0.717, 1.165) is 5.69 Å². The number of hydrogen-bond donors (Lipinski definition) is 1. The maximum Gasteiger partial charge on any atom is 0.123 e. The Morgan fingerprint density at radius 1 is 1.09 bits per heavy atom. The smallest absolute Gasteiger partial charge is 0.123 e. The first kappa shape index (κ1) is 14.6. The minimum Gasteiger partial charge on any atom is -0.381 e. The topological polar surface area (TPSA) is 35.8 Å². The van der Waals surface area contributed by atoms with Crippen molar-refractivity contribution in [1.82, 2.24) is 0 Å². The molecule has 1 saturated carbocycles. The first-order valence-electron chi connectivity index (χ1n) is 7.78. The average molecular weight is 294 g/mol. The predicted molar refractivity (Wildman–Crippen MR) is 86.1 cm³/mol. The van der Waals surface area contributed by atoms with Gasteiger partial charge in [-0.05, 0) is 60.2 Å². The number of nitrogens with zero attached hydrogens (tertiary/aromatic N) is 1. The summed E-state index contributed by atoms with van der Waals surface area (Å²) >= 11 is 0. The summed E-state index contributed by atoms with van der Waals surface area (Å²) < 4.78 is 13.3. The highest BCUT2D eigenvalue weighted by atomic mass is 19.1. The van der Waals surface area contributed by atoms with Crippen LogP contribution in [0, 0.1) is 17.1 Å². The minimum absolute atomic E-state index is 0.313. The Kier molecular flexibility index (Phi) is 4.39. The zero-order valence-corrected chi connectivity index (χ0v) is 12.5. The molecule has 0 unspecified atom stereocenters. The molecule has 0 aliphatic heterocycles. The lowest BCUT2D eigenvalue weighted by Crippen LogP contribution is -2.02. The van der Waals surface area contributed by atoms with Crippen molar-refractivity contribution in [2.24, 2.45) is 0 Å². The van der Waals surface area contributed by atoms with Crippen LogP contribution in [0.3, 0.4) is 0 Å². The third-order valence-corrected chi connectivity index (χ3v) is 4.41. The Morgan fingerprint density at radius 3 is 2.50 bits per heavy atom. The molecule has 1 fully saturated rings. The summed E-state index contributed by atoms with van der Waals surface area (Å²) in [6.45, 7) is 0.448. The summed E-state index contributed by atoms with van der Waals surface area (Å²) in [7, 11) is 0. The van der Waals surface area contributed by atoms with Crippen molar-refractivity contribution in [1.29, 1.82) is 5.26 Å². The average Bonchev–Trinajstić information content (AvgIpc) is 3.08. The summed E-state index contributed by atoms with van der Waals surface area (Å²) in [5.41, 5.74) is 3.60. The molecule has 112 valence electrons. The first-order chi connectivity index (χ1) is 10.8. The van der Waals surface area contributed by atoms with Crippen molar-refractivity contribution in [3.8, 4) is 6.07 Å². The molecular formula is C19H19FN2. The van der Waals surface area contributed by atoms with Gasteiger partial charge in [-0.2, -0.15) is 5.26 Å². The zero-order chi connectivity index (χ0) is 15.4. The molecule has 1 N–H and O–H groups in total. The lowest BCUT2D eigenvalue weighted by Gasteiger charge is -2.12. The lowest BCUT2D eigenvalue weighted by molar-refractivity contribution is 0.625. The van der Waals surface area contributed by atoms with E-state index in [1.54, 1.807) is 0 Å². The van der Waals surface area contributed by atoms with E-state index in [0.29, 0.717) is 23.6 Å². The van der Waals surface area contributed by atoms with Crippen molar-refractivity contribution >= 4 is 5.69 Å². The van der Waals surface area contributed by atoms with Gasteiger partial charge >= 0.3 is 0 Å². The van der Waals surface area contributed by atoms with Crippen LogP contribution in [0.1, 0.15) is 48.3 Å². The maximum atomic E-state index is 13.3. The summed E-state index contributed by atoms with van der Waals surface area (Å²) in [4.78, 5) is 0. The molecule has 3 rings (SSSR count). The fraction of sp³-hybridized carbons (Fsp3) is 0.316. The highest BCUT2D eigenvalue weighted by molar-refractivity contribution is 5.47. The molecule has 22 heavy (non-hydrogen) atoms. The van der Waals surface area contributed by atoms with Crippen LogP contribution < -0.4 is 5.32 Å². The van der Waals surface area contributed by atoms with E-state index in [9.17, 15) is 4.39 Å². The van der Waals surface area contributed by atoms with Crippen molar-refractivity contribution in [2.45, 2.75) is 38.1 Å². The fourth-order valence-corrected chi connectivity index (χ4v) is 3.15. The normalized spacial score (nSPS) is 14.7. The van der Waals surface area contributed by atoms with Crippen molar-refractivity contribution < 1.29 is 4.39 Å². The third kappa shape index (κ3) is 3.28. The first-order valence-corrected chi connectivity index (χ1v) is 7.78. The van der Waals surface area contributed by atoms with Crippen LogP contribution in [0.15, 0.2) is 42.5 Å². The number of rotatable bonds is 4. The van der Waals surface area contributed by atoms with E-state index in [1.807, 2.05) is 0 Å². The highest BCUT2D eigenvalue weighted by Gasteiger charge is 2.16. The Bertz CT molecular complexity index is 680. The van der Waals surface area contributed by atoms with Crippen LogP contribution in [0.5, 0.6) is 0 Å². The van der Waals surface area contributed by atoms with E-state index in [4.69, 9.17) is 5.26 Å². The number of hydrogen-bond acceptors (Lipinski definition) is 2. The molecule has 0 heterocycles. The number of halogens is 1. The molecule has 3 heteroatoms. The second kappa shape index (κ2) is 6.62. The van der Waals surface area contributed by atoms with Crippen LogP contribution in [0.2, 0.25) is 0 Å². The van der Waals surface area contributed by atoms with E-state index >= 15 is 0 Å². The molecule has 2 aromatic rings. The van der Waals surface area contributed by atoms with Gasteiger partial charge in [0.1, 0.15) is 5.82 Å². The quantitative estimate of drug-likeness (QED) is 0.864. The van der Waals surface area contributed by atoms with E-state index in [1.165, 1.54) is 49.4 Å². The lowest BCUT2D eigenvalue weighted by atomic mass is 9.97. The molecule has 0 atom stereocenters. The molecule has 0 aromatic heterocycles.